The van der Waals surface area contributed by atoms with Crippen molar-refractivity contribution in [2.75, 3.05) is 6.54 Å². The van der Waals surface area contributed by atoms with Crippen molar-refractivity contribution < 1.29 is 4.74 Å². The number of hydrogen-bond donors (Lipinski definition) is 2. The van der Waals surface area contributed by atoms with Crippen LogP contribution in [0.15, 0.2) is 84.0 Å². The lowest BCUT2D eigenvalue weighted by atomic mass is 10.0. The molecule has 0 atom stereocenters. The first-order valence-electron chi connectivity index (χ1n) is 11.7. The van der Waals surface area contributed by atoms with Crippen LogP contribution in [-0.2, 0) is 26.1 Å². The van der Waals surface area contributed by atoms with Gasteiger partial charge in [-0.1, -0.05) is 30.3 Å². The van der Waals surface area contributed by atoms with Crippen molar-refractivity contribution in [3.63, 3.8) is 0 Å². The second kappa shape index (κ2) is 9.19. The Balaban J connectivity index is 1.21. The standard InChI is InChI=1S/C28H25N5O2/c34-28-23-10-13-33(17-26(23)31-27(32-28)20-8-11-29-12-9-20)16-21-15-30-25-7-6-22(14-24(21)25)35-18-19-4-2-1-3-5-19/h1-9,11-12,14-15,30H,10,13,16-18H2,(H,31,32,34). The molecule has 6 rings (SSSR count). The van der Waals surface area contributed by atoms with Crippen LogP contribution in [0.3, 0.4) is 0 Å². The van der Waals surface area contributed by atoms with Crippen molar-refractivity contribution in [1.29, 1.82) is 0 Å². The van der Waals surface area contributed by atoms with Gasteiger partial charge in [0.1, 0.15) is 18.2 Å². The van der Waals surface area contributed by atoms with E-state index in [2.05, 4.69) is 50.3 Å². The number of aromatic amines is 2. The molecule has 2 N–H and O–H groups in total. The molecule has 0 aliphatic carbocycles. The average molecular weight is 464 g/mol. The van der Waals surface area contributed by atoms with E-state index in [0.29, 0.717) is 25.4 Å². The number of pyridine rings is 1. The fraction of sp³-hybridized carbons (Fsp3) is 0.179. The molecule has 4 heterocycles. The van der Waals surface area contributed by atoms with Crippen molar-refractivity contribution in [1.82, 2.24) is 24.8 Å². The van der Waals surface area contributed by atoms with Crippen LogP contribution < -0.4 is 10.3 Å². The van der Waals surface area contributed by atoms with Gasteiger partial charge in [0.05, 0.1) is 5.69 Å². The summed E-state index contributed by atoms with van der Waals surface area (Å²) in [6, 6.07) is 20.0. The van der Waals surface area contributed by atoms with Crippen molar-refractivity contribution in [2.24, 2.45) is 0 Å². The van der Waals surface area contributed by atoms with Gasteiger partial charge in [0.25, 0.3) is 5.56 Å². The van der Waals surface area contributed by atoms with Gasteiger partial charge in [0, 0.05) is 60.3 Å². The largest absolute Gasteiger partial charge is 0.489 e. The van der Waals surface area contributed by atoms with Gasteiger partial charge in [-0.25, -0.2) is 4.98 Å². The summed E-state index contributed by atoms with van der Waals surface area (Å²) < 4.78 is 6.05. The molecular weight excluding hydrogens is 438 g/mol. The molecule has 5 aromatic rings. The summed E-state index contributed by atoms with van der Waals surface area (Å²) in [5, 5.41) is 1.15. The van der Waals surface area contributed by atoms with Gasteiger partial charge in [-0.2, -0.15) is 0 Å². The fourth-order valence-electron chi connectivity index (χ4n) is 4.64. The van der Waals surface area contributed by atoms with Gasteiger partial charge in [0.15, 0.2) is 0 Å². The number of hydrogen-bond acceptors (Lipinski definition) is 5. The van der Waals surface area contributed by atoms with Gasteiger partial charge in [0.2, 0.25) is 0 Å². The molecular formula is C28H25N5O2. The summed E-state index contributed by atoms with van der Waals surface area (Å²) in [6.45, 7) is 2.74. The number of H-pyrrole nitrogens is 2. The maximum absolute atomic E-state index is 12.7. The SMILES string of the molecule is O=c1[nH]c(-c2ccncc2)nc2c1CCN(Cc1c[nH]c3ccc(OCc4ccccc4)cc13)C2. The van der Waals surface area contributed by atoms with E-state index in [1.54, 1.807) is 12.4 Å². The third kappa shape index (κ3) is 4.46. The maximum Gasteiger partial charge on any atom is 0.254 e. The van der Waals surface area contributed by atoms with Crippen molar-refractivity contribution in [3.05, 3.63) is 112 Å². The number of ether oxygens (including phenoxy) is 1. The maximum atomic E-state index is 12.7. The van der Waals surface area contributed by atoms with Crippen LogP contribution >= 0.6 is 0 Å². The predicted octanol–water partition coefficient (Wildman–Crippen LogP) is 4.45. The molecule has 0 amide bonds. The van der Waals surface area contributed by atoms with Gasteiger partial charge < -0.3 is 14.7 Å². The molecule has 3 aromatic heterocycles. The molecule has 0 bridgehead atoms. The molecule has 0 unspecified atom stereocenters. The zero-order valence-electron chi connectivity index (χ0n) is 19.2. The topological polar surface area (TPSA) is 86.9 Å². The molecule has 35 heavy (non-hydrogen) atoms. The normalized spacial score (nSPS) is 13.6. The summed E-state index contributed by atoms with van der Waals surface area (Å²) in [6.07, 6.45) is 6.16. The van der Waals surface area contributed by atoms with Crippen LogP contribution in [0.4, 0.5) is 0 Å². The van der Waals surface area contributed by atoms with Crippen LogP contribution in [0.5, 0.6) is 5.75 Å². The van der Waals surface area contributed by atoms with E-state index in [1.807, 2.05) is 36.4 Å². The van der Waals surface area contributed by atoms with Crippen LogP contribution in [0.1, 0.15) is 22.4 Å². The first-order chi connectivity index (χ1) is 17.2. The zero-order valence-corrected chi connectivity index (χ0v) is 19.2. The molecule has 1 aliphatic rings. The highest BCUT2D eigenvalue weighted by Gasteiger charge is 2.22. The summed E-state index contributed by atoms with van der Waals surface area (Å²) in [4.78, 5) is 30.2. The molecule has 0 saturated heterocycles. The predicted molar refractivity (Wildman–Crippen MR) is 135 cm³/mol. The third-order valence-electron chi connectivity index (χ3n) is 6.49. The van der Waals surface area contributed by atoms with Crippen molar-refractivity contribution >= 4 is 10.9 Å². The number of benzene rings is 2. The Morgan fingerprint density at radius 3 is 2.74 bits per heavy atom. The van der Waals surface area contributed by atoms with E-state index in [0.717, 1.165) is 52.1 Å². The lowest BCUT2D eigenvalue weighted by molar-refractivity contribution is 0.241. The average Bonchev–Trinajstić information content (AvgIpc) is 3.30. The minimum Gasteiger partial charge on any atom is -0.489 e. The Morgan fingerprint density at radius 1 is 1.03 bits per heavy atom. The number of fused-ring (bicyclic) bond motifs is 2. The van der Waals surface area contributed by atoms with Crippen LogP contribution in [0, 0.1) is 0 Å². The Bertz CT molecular complexity index is 1530. The Morgan fingerprint density at radius 2 is 1.89 bits per heavy atom. The number of nitrogens with one attached hydrogen (secondary N) is 2. The highest BCUT2D eigenvalue weighted by atomic mass is 16.5. The van der Waals surface area contributed by atoms with Crippen molar-refractivity contribution in [2.45, 2.75) is 26.1 Å². The van der Waals surface area contributed by atoms with Crippen LogP contribution in [0.25, 0.3) is 22.3 Å². The summed E-state index contributed by atoms with van der Waals surface area (Å²) in [5.74, 6) is 1.44. The van der Waals surface area contributed by atoms with E-state index in [1.165, 1.54) is 5.56 Å². The molecule has 0 spiro atoms. The first-order valence-corrected chi connectivity index (χ1v) is 11.7. The molecule has 0 fully saturated rings. The van der Waals surface area contributed by atoms with E-state index in [4.69, 9.17) is 9.72 Å². The van der Waals surface area contributed by atoms with E-state index >= 15 is 0 Å². The minimum absolute atomic E-state index is 0.0474. The smallest absolute Gasteiger partial charge is 0.254 e. The molecule has 0 saturated carbocycles. The molecule has 7 heteroatoms. The zero-order chi connectivity index (χ0) is 23.6. The Labute approximate surface area is 202 Å². The molecule has 174 valence electrons. The lowest BCUT2D eigenvalue weighted by Crippen LogP contribution is -2.35. The van der Waals surface area contributed by atoms with Crippen molar-refractivity contribution in [3.8, 4) is 17.1 Å². The highest BCUT2D eigenvalue weighted by Crippen LogP contribution is 2.27. The Hall–Kier alpha value is -4.23. The van der Waals surface area contributed by atoms with E-state index in [-0.39, 0.29) is 5.56 Å². The summed E-state index contributed by atoms with van der Waals surface area (Å²) in [5.41, 5.74) is 5.87. The fourth-order valence-corrected chi connectivity index (χ4v) is 4.64. The Kier molecular flexibility index (Phi) is 5.60. The summed E-state index contributed by atoms with van der Waals surface area (Å²) in [7, 11) is 0. The first kappa shape index (κ1) is 21.3. The molecule has 1 aliphatic heterocycles. The lowest BCUT2D eigenvalue weighted by Gasteiger charge is -2.27. The van der Waals surface area contributed by atoms with Gasteiger partial charge in [-0.05, 0) is 47.9 Å². The summed E-state index contributed by atoms with van der Waals surface area (Å²) >= 11 is 0. The third-order valence-corrected chi connectivity index (χ3v) is 6.49. The van der Waals surface area contributed by atoms with Gasteiger partial charge in [-0.3, -0.25) is 14.7 Å². The number of aromatic nitrogens is 4. The van der Waals surface area contributed by atoms with E-state index < -0.39 is 0 Å². The van der Waals surface area contributed by atoms with Crippen LogP contribution in [-0.4, -0.2) is 31.4 Å². The molecule has 2 aromatic carbocycles. The van der Waals surface area contributed by atoms with E-state index in [9.17, 15) is 4.79 Å². The quantitative estimate of drug-likeness (QED) is 0.389. The highest BCUT2D eigenvalue weighted by molar-refractivity contribution is 5.84. The van der Waals surface area contributed by atoms with Crippen LogP contribution in [0.2, 0.25) is 0 Å². The molecule has 0 radical (unpaired) electrons. The molecule has 7 nitrogen and oxygen atoms in total. The second-order valence-electron chi connectivity index (χ2n) is 8.83. The van der Waals surface area contributed by atoms with Gasteiger partial charge >= 0.3 is 0 Å². The number of nitrogens with zero attached hydrogens (tertiary/aromatic N) is 3. The second-order valence-corrected chi connectivity index (χ2v) is 8.83. The van der Waals surface area contributed by atoms with Gasteiger partial charge in [-0.15, -0.1) is 0 Å². The monoisotopic (exact) mass is 463 g/mol. The minimum atomic E-state index is -0.0474. The number of rotatable bonds is 6.